The van der Waals surface area contributed by atoms with E-state index in [1.54, 1.807) is 40.7 Å². The van der Waals surface area contributed by atoms with E-state index in [4.69, 9.17) is 9.47 Å². The van der Waals surface area contributed by atoms with Crippen molar-refractivity contribution in [2.75, 3.05) is 0 Å². The molecule has 0 spiro atoms. The highest BCUT2D eigenvalue weighted by Crippen LogP contribution is 2.29. The maximum absolute atomic E-state index is 12.9. The van der Waals surface area contributed by atoms with Gasteiger partial charge in [-0.1, -0.05) is 58.9 Å². The number of carbonyl (C=O) groups is 4. The number of aliphatic hydroxyl groups excluding tert-OH is 3. The molecule has 0 fully saturated rings. The molecule has 0 saturated carbocycles. The number of esters is 2. The molecular formula is C36H56O9. The third-order valence-electron chi connectivity index (χ3n) is 8.88. The topological polar surface area (TPSA) is 147 Å². The molecule has 1 heterocycles. The Morgan fingerprint density at radius 3 is 2.11 bits per heavy atom. The Hall–Kier alpha value is -2.88. The Morgan fingerprint density at radius 1 is 0.933 bits per heavy atom. The Balaban J connectivity index is 2.48. The summed E-state index contributed by atoms with van der Waals surface area (Å²) in [5.41, 5.74) is 1.50. The Morgan fingerprint density at radius 2 is 1.56 bits per heavy atom. The molecule has 4 unspecified atom stereocenters. The van der Waals surface area contributed by atoms with Gasteiger partial charge in [-0.2, -0.15) is 0 Å². The minimum Gasteiger partial charge on any atom is -0.462 e. The van der Waals surface area contributed by atoms with Gasteiger partial charge in [0, 0.05) is 23.8 Å². The van der Waals surface area contributed by atoms with Gasteiger partial charge in [0.05, 0.1) is 30.3 Å². The predicted molar refractivity (Wildman–Crippen MR) is 174 cm³/mol. The zero-order valence-electron chi connectivity index (χ0n) is 28.5. The van der Waals surface area contributed by atoms with Crippen LogP contribution in [0.1, 0.15) is 107 Å². The third kappa shape index (κ3) is 14.0. The number of cyclic esters (lactones) is 1. The third-order valence-corrected chi connectivity index (χ3v) is 8.88. The second kappa shape index (κ2) is 19.6. The Bertz CT molecular complexity index is 1130. The summed E-state index contributed by atoms with van der Waals surface area (Å²) in [4.78, 5) is 48.4. The summed E-state index contributed by atoms with van der Waals surface area (Å²) < 4.78 is 10.2. The molecule has 0 aromatic carbocycles. The van der Waals surface area contributed by atoms with E-state index < -0.39 is 54.6 Å². The highest BCUT2D eigenvalue weighted by atomic mass is 16.5. The first-order chi connectivity index (χ1) is 21.0. The molecule has 0 bridgehead atoms. The van der Waals surface area contributed by atoms with E-state index in [-0.39, 0.29) is 29.3 Å². The largest absolute Gasteiger partial charge is 0.462 e. The number of hydrogen-bond donors (Lipinski definition) is 3. The molecule has 0 saturated heterocycles. The lowest BCUT2D eigenvalue weighted by Gasteiger charge is -2.27. The van der Waals surface area contributed by atoms with E-state index in [0.717, 1.165) is 37.7 Å². The zero-order valence-corrected chi connectivity index (χ0v) is 28.5. The smallest absolute Gasteiger partial charge is 0.342 e. The molecule has 0 radical (unpaired) electrons. The molecule has 8 atom stereocenters. The van der Waals surface area contributed by atoms with Crippen molar-refractivity contribution >= 4 is 23.5 Å². The van der Waals surface area contributed by atoms with Crippen LogP contribution in [-0.4, -0.2) is 63.2 Å². The lowest BCUT2D eigenvalue weighted by Crippen LogP contribution is -2.36. The van der Waals surface area contributed by atoms with E-state index in [2.05, 4.69) is 33.4 Å². The van der Waals surface area contributed by atoms with Gasteiger partial charge in [-0.05, 0) is 77.2 Å². The average molecular weight is 633 g/mol. The number of allylic oxidation sites excluding steroid dienone is 5. The van der Waals surface area contributed by atoms with E-state index in [1.807, 2.05) is 6.08 Å². The van der Waals surface area contributed by atoms with Crippen molar-refractivity contribution < 1.29 is 44.0 Å². The molecule has 9 nitrogen and oxygen atoms in total. The second-order valence-corrected chi connectivity index (χ2v) is 12.9. The SMILES string of the molecule is C=C1OC(=O)C(C(O)CC(=O)O[C@H](C)[C@@H](C)C(O)CC(=O)[C@@H](C)C(O)CCC(C)C[C@@H](C)CC/C=C(/C=C/C(C)=O)CC)=C1C. The van der Waals surface area contributed by atoms with Crippen LogP contribution in [0.25, 0.3) is 0 Å². The Kier molecular flexibility index (Phi) is 17.5. The molecule has 1 aliphatic rings. The van der Waals surface area contributed by atoms with Gasteiger partial charge in [-0.3, -0.25) is 14.4 Å². The number of carbonyl (C=O) groups excluding carboxylic acids is 4. The molecule has 1 aliphatic heterocycles. The van der Waals surface area contributed by atoms with Crippen LogP contribution in [0.2, 0.25) is 0 Å². The van der Waals surface area contributed by atoms with Crippen LogP contribution in [0.15, 0.2) is 47.3 Å². The van der Waals surface area contributed by atoms with Crippen molar-refractivity contribution in [3.63, 3.8) is 0 Å². The van der Waals surface area contributed by atoms with Crippen LogP contribution in [-0.2, 0) is 28.7 Å². The van der Waals surface area contributed by atoms with E-state index >= 15 is 0 Å². The zero-order chi connectivity index (χ0) is 34.4. The van der Waals surface area contributed by atoms with Crippen LogP contribution < -0.4 is 0 Å². The minimum absolute atomic E-state index is 0.0332. The van der Waals surface area contributed by atoms with Crippen molar-refractivity contribution in [1.82, 2.24) is 0 Å². The maximum atomic E-state index is 12.9. The van der Waals surface area contributed by atoms with Crippen LogP contribution in [0.4, 0.5) is 0 Å². The van der Waals surface area contributed by atoms with Crippen molar-refractivity contribution in [3.05, 3.63) is 47.3 Å². The minimum atomic E-state index is -1.41. The molecular weight excluding hydrogens is 576 g/mol. The van der Waals surface area contributed by atoms with Gasteiger partial charge in [0.1, 0.15) is 17.6 Å². The van der Waals surface area contributed by atoms with Gasteiger partial charge in [-0.15, -0.1) is 0 Å². The van der Waals surface area contributed by atoms with Gasteiger partial charge in [0.25, 0.3) is 0 Å². The van der Waals surface area contributed by atoms with E-state index in [9.17, 15) is 34.5 Å². The monoisotopic (exact) mass is 632 g/mol. The standard InChI is InChI=1S/C36H56O9/c1-10-29(16-15-23(4)37)13-11-12-21(2)18-22(3)14-17-30(38)26(7)32(40)19-31(39)24(5)27(8)44-34(42)20-33(41)35-25(6)28(9)45-36(35)43/h13,15-16,21-22,24,26-27,30-31,33,38-39,41H,9-12,14,17-20H2,1-8H3/b16-15+,29-13+/t21-,22?,24+,26-,27+,30?,31?,33?/m0/s1. The molecule has 254 valence electrons. The molecule has 3 N–H and O–H groups in total. The van der Waals surface area contributed by atoms with Gasteiger partial charge >= 0.3 is 11.9 Å². The summed E-state index contributed by atoms with van der Waals surface area (Å²) >= 11 is 0. The fraction of sp³-hybridized carbons (Fsp3) is 0.667. The van der Waals surface area contributed by atoms with Gasteiger partial charge in [0.15, 0.2) is 5.78 Å². The quantitative estimate of drug-likeness (QED) is 0.0822. The van der Waals surface area contributed by atoms with Crippen LogP contribution in [0, 0.1) is 23.7 Å². The fourth-order valence-electron chi connectivity index (χ4n) is 5.40. The highest BCUT2D eigenvalue weighted by molar-refractivity contribution is 5.96. The molecule has 0 aromatic rings. The van der Waals surface area contributed by atoms with Gasteiger partial charge < -0.3 is 24.8 Å². The number of hydrogen-bond acceptors (Lipinski definition) is 9. The molecule has 0 aliphatic carbocycles. The van der Waals surface area contributed by atoms with Crippen molar-refractivity contribution in [2.24, 2.45) is 23.7 Å². The summed E-state index contributed by atoms with van der Waals surface area (Å²) in [6, 6.07) is 0. The Labute approximate surface area is 269 Å². The molecule has 9 heteroatoms. The number of aliphatic hydroxyl groups is 3. The number of ketones is 2. The highest BCUT2D eigenvalue weighted by Gasteiger charge is 2.34. The van der Waals surface area contributed by atoms with Crippen molar-refractivity contribution in [2.45, 2.75) is 131 Å². The fourth-order valence-corrected chi connectivity index (χ4v) is 5.40. The molecule has 1 rings (SSSR count). The second-order valence-electron chi connectivity index (χ2n) is 12.9. The summed E-state index contributed by atoms with van der Waals surface area (Å²) in [7, 11) is 0. The molecule has 45 heavy (non-hydrogen) atoms. The van der Waals surface area contributed by atoms with Gasteiger partial charge in [-0.25, -0.2) is 4.79 Å². The number of rotatable bonds is 21. The normalized spacial score (nSPS) is 19.5. The van der Waals surface area contributed by atoms with Crippen LogP contribution >= 0.6 is 0 Å². The maximum Gasteiger partial charge on any atom is 0.342 e. The number of Topliss-reactive ketones (excluding diaryl/α,β-unsaturated/α-hetero) is 1. The number of ether oxygens (including phenoxy) is 2. The van der Waals surface area contributed by atoms with E-state index in [0.29, 0.717) is 23.8 Å². The first kappa shape index (κ1) is 40.1. The van der Waals surface area contributed by atoms with Gasteiger partial charge in [0.2, 0.25) is 0 Å². The van der Waals surface area contributed by atoms with Crippen molar-refractivity contribution in [3.8, 4) is 0 Å². The van der Waals surface area contributed by atoms with Crippen molar-refractivity contribution in [1.29, 1.82) is 0 Å². The van der Waals surface area contributed by atoms with Crippen LogP contribution in [0.3, 0.4) is 0 Å². The molecule has 0 aromatic heterocycles. The summed E-state index contributed by atoms with van der Waals surface area (Å²) in [5, 5.41) is 31.8. The average Bonchev–Trinajstić information content (AvgIpc) is 3.22. The first-order valence-electron chi connectivity index (χ1n) is 16.2. The van der Waals surface area contributed by atoms with Crippen LogP contribution in [0.5, 0.6) is 0 Å². The lowest BCUT2D eigenvalue weighted by molar-refractivity contribution is -0.154. The van der Waals surface area contributed by atoms with E-state index in [1.165, 1.54) is 0 Å². The summed E-state index contributed by atoms with van der Waals surface area (Å²) in [5.74, 6) is -1.98. The summed E-state index contributed by atoms with van der Waals surface area (Å²) in [6.07, 6.45) is 6.04. The predicted octanol–water partition coefficient (Wildman–Crippen LogP) is 5.71. The lowest BCUT2D eigenvalue weighted by atomic mass is 9.85. The molecule has 0 amide bonds. The first-order valence-corrected chi connectivity index (χ1v) is 16.2. The summed E-state index contributed by atoms with van der Waals surface area (Å²) in [6.45, 7) is 18.0.